The van der Waals surface area contributed by atoms with Crippen LogP contribution in [0.5, 0.6) is 0 Å². The van der Waals surface area contributed by atoms with E-state index in [0.717, 1.165) is 5.56 Å². The second-order valence-electron chi connectivity index (χ2n) is 4.52. The zero-order valence-corrected chi connectivity index (χ0v) is 11.7. The summed E-state index contributed by atoms with van der Waals surface area (Å²) in [5.74, 6) is -0.908. The Morgan fingerprint density at radius 3 is 2.62 bits per heavy atom. The molecule has 0 aliphatic carbocycles. The van der Waals surface area contributed by atoms with Crippen LogP contribution in [0.15, 0.2) is 54.9 Å². The average molecular weight is 284 g/mol. The molecule has 108 valence electrons. The van der Waals surface area contributed by atoms with Gasteiger partial charge in [-0.2, -0.15) is 0 Å². The number of nitrogens with one attached hydrogen (secondary N) is 1. The van der Waals surface area contributed by atoms with Crippen LogP contribution in [0.3, 0.4) is 0 Å². The Morgan fingerprint density at radius 1 is 1.19 bits per heavy atom. The lowest BCUT2D eigenvalue weighted by molar-refractivity contribution is -0.124. The summed E-state index contributed by atoms with van der Waals surface area (Å²) in [5, 5.41) is 2.77. The maximum absolute atomic E-state index is 11.8. The normalized spacial score (nSPS) is 11.5. The molecule has 1 atom stereocenters. The van der Waals surface area contributed by atoms with Crippen LogP contribution in [0, 0.1) is 0 Å². The number of hydrogen-bond donors (Lipinski definition) is 1. The van der Waals surface area contributed by atoms with E-state index in [1.54, 1.807) is 18.3 Å². The van der Waals surface area contributed by atoms with E-state index < -0.39 is 5.97 Å². The number of hydrogen-bond acceptors (Lipinski definition) is 4. The third kappa shape index (κ3) is 4.42. The molecular formula is C16H16N2O3. The Morgan fingerprint density at radius 2 is 1.95 bits per heavy atom. The first-order chi connectivity index (χ1) is 10.2. The van der Waals surface area contributed by atoms with Crippen molar-refractivity contribution in [2.24, 2.45) is 0 Å². The van der Waals surface area contributed by atoms with Gasteiger partial charge < -0.3 is 10.1 Å². The lowest BCUT2D eigenvalue weighted by Gasteiger charge is -2.14. The zero-order chi connectivity index (χ0) is 15.1. The van der Waals surface area contributed by atoms with Crippen LogP contribution >= 0.6 is 0 Å². The number of rotatable bonds is 5. The molecule has 0 aliphatic heterocycles. The van der Waals surface area contributed by atoms with E-state index in [1.807, 2.05) is 37.3 Å². The third-order valence-electron chi connectivity index (χ3n) is 2.91. The molecule has 0 spiro atoms. The molecule has 1 unspecified atom stereocenters. The Kier molecular flexibility index (Phi) is 5.04. The summed E-state index contributed by atoms with van der Waals surface area (Å²) in [4.78, 5) is 27.2. The van der Waals surface area contributed by atoms with Gasteiger partial charge in [-0.25, -0.2) is 4.79 Å². The van der Waals surface area contributed by atoms with Gasteiger partial charge in [-0.3, -0.25) is 9.78 Å². The fraction of sp³-hybridized carbons (Fsp3) is 0.188. The van der Waals surface area contributed by atoms with E-state index in [2.05, 4.69) is 10.3 Å². The Labute approximate surface area is 123 Å². The molecule has 1 heterocycles. The van der Waals surface area contributed by atoms with E-state index in [0.29, 0.717) is 5.56 Å². The number of esters is 1. The van der Waals surface area contributed by atoms with E-state index in [-0.39, 0.29) is 18.6 Å². The molecule has 1 aromatic carbocycles. The number of carbonyl (C=O) groups is 2. The number of benzene rings is 1. The van der Waals surface area contributed by atoms with E-state index in [9.17, 15) is 9.59 Å². The Bertz CT molecular complexity index is 599. The van der Waals surface area contributed by atoms with Crippen molar-refractivity contribution >= 4 is 11.9 Å². The van der Waals surface area contributed by atoms with Gasteiger partial charge in [-0.05, 0) is 24.6 Å². The van der Waals surface area contributed by atoms with E-state index in [1.165, 1.54) is 6.20 Å². The van der Waals surface area contributed by atoms with Gasteiger partial charge in [0.15, 0.2) is 6.61 Å². The van der Waals surface area contributed by atoms with Crippen LogP contribution in [-0.2, 0) is 9.53 Å². The van der Waals surface area contributed by atoms with Gasteiger partial charge in [0.2, 0.25) is 0 Å². The molecule has 0 fully saturated rings. The minimum Gasteiger partial charge on any atom is -0.452 e. The van der Waals surface area contributed by atoms with Crippen LogP contribution in [-0.4, -0.2) is 23.5 Å². The molecule has 2 rings (SSSR count). The second kappa shape index (κ2) is 7.19. The fourth-order valence-corrected chi connectivity index (χ4v) is 1.81. The topological polar surface area (TPSA) is 68.3 Å². The number of aromatic nitrogens is 1. The highest BCUT2D eigenvalue weighted by Crippen LogP contribution is 2.10. The van der Waals surface area contributed by atoms with Gasteiger partial charge >= 0.3 is 5.97 Å². The van der Waals surface area contributed by atoms with Gasteiger partial charge in [-0.15, -0.1) is 0 Å². The molecule has 5 heteroatoms. The molecule has 0 radical (unpaired) electrons. The smallest absolute Gasteiger partial charge is 0.340 e. The molecule has 1 N–H and O–H groups in total. The SMILES string of the molecule is CC(NC(=O)COC(=O)c1cccnc1)c1ccccc1. The lowest BCUT2D eigenvalue weighted by Crippen LogP contribution is -2.31. The van der Waals surface area contributed by atoms with Crippen molar-refractivity contribution in [2.75, 3.05) is 6.61 Å². The predicted octanol–water partition coefficient (Wildman–Crippen LogP) is 2.12. The van der Waals surface area contributed by atoms with Crippen molar-refractivity contribution < 1.29 is 14.3 Å². The molecule has 2 aromatic rings. The van der Waals surface area contributed by atoms with Crippen molar-refractivity contribution in [3.05, 3.63) is 66.0 Å². The van der Waals surface area contributed by atoms with E-state index in [4.69, 9.17) is 4.74 Å². The first-order valence-electron chi connectivity index (χ1n) is 6.58. The average Bonchev–Trinajstić information content (AvgIpc) is 2.54. The Hall–Kier alpha value is -2.69. The number of amides is 1. The first kappa shape index (κ1) is 14.7. The van der Waals surface area contributed by atoms with Crippen LogP contribution in [0.2, 0.25) is 0 Å². The van der Waals surface area contributed by atoms with Crippen LogP contribution in [0.1, 0.15) is 28.9 Å². The summed E-state index contributed by atoms with van der Waals surface area (Å²) < 4.78 is 4.94. The van der Waals surface area contributed by atoms with E-state index >= 15 is 0 Å². The summed E-state index contributed by atoms with van der Waals surface area (Å²) in [6.07, 6.45) is 2.96. The van der Waals surface area contributed by atoms with Crippen molar-refractivity contribution in [1.82, 2.24) is 10.3 Å². The van der Waals surface area contributed by atoms with Gasteiger partial charge in [-0.1, -0.05) is 30.3 Å². The molecule has 0 saturated heterocycles. The van der Waals surface area contributed by atoms with Crippen LogP contribution in [0.25, 0.3) is 0 Å². The molecule has 0 aliphatic rings. The highest BCUT2D eigenvalue weighted by atomic mass is 16.5. The van der Waals surface area contributed by atoms with Crippen molar-refractivity contribution in [2.45, 2.75) is 13.0 Å². The number of pyridine rings is 1. The maximum atomic E-state index is 11.8. The number of carbonyl (C=O) groups excluding carboxylic acids is 2. The summed E-state index contributed by atoms with van der Waals surface area (Å²) in [7, 11) is 0. The summed E-state index contributed by atoms with van der Waals surface area (Å²) in [5.41, 5.74) is 1.31. The fourth-order valence-electron chi connectivity index (χ4n) is 1.81. The number of ether oxygens (including phenoxy) is 1. The van der Waals surface area contributed by atoms with Gasteiger partial charge in [0.1, 0.15) is 0 Å². The molecule has 1 aromatic heterocycles. The van der Waals surface area contributed by atoms with Crippen LogP contribution < -0.4 is 5.32 Å². The largest absolute Gasteiger partial charge is 0.452 e. The van der Waals surface area contributed by atoms with Crippen molar-refractivity contribution in [3.8, 4) is 0 Å². The third-order valence-corrected chi connectivity index (χ3v) is 2.91. The quantitative estimate of drug-likeness (QED) is 0.854. The maximum Gasteiger partial charge on any atom is 0.340 e. The van der Waals surface area contributed by atoms with Gasteiger partial charge in [0.05, 0.1) is 11.6 Å². The monoisotopic (exact) mass is 284 g/mol. The van der Waals surface area contributed by atoms with Crippen LogP contribution in [0.4, 0.5) is 0 Å². The lowest BCUT2D eigenvalue weighted by atomic mass is 10.1. The highest BCUT2D eigenvalue weighted by molar-refractivity contribution is 5.90. The van der Waals surface area contributed by atoms with Gasteiger partial charge in [0, 0.05) is 12.4 Å². The number of nitrogens with zero attached hydrogens (tertiary/aromatic N) is 1. The summed E-state index contributed by atoms with van der Waals surface area (Å²) in [6.45, 7) is 1.56. The van der Waals surface area contributed by atoms with Crippen molar-refractivity contribution in [1.29, 1.82) is 0 Å². The molecule has 21 heavy (non-hydrogen) atoms. The predicted molar refractivity (Wildman–Crippen MR) is 77.5 cm³/mol. The summed E-state index contributed by atoms with van der Waals surface area (Å²) in [6, 6.07) is 12.6. The zero-order valence-electron chi connectivity index (χ0n) is 11.7. The minimum absolute atomic E-state index is 0.143. The Balaban J connectivity index is 1.81. The highest BCUT2D eigenvalue weighted by Gasteiger charge is 2.12. The first-order valence-corrected chi connectivity index (χ1v) is 6.58. The molecule has 5 nitrogen and oxygen atoms in total. The molecule has 0 bridgehead atoms. The summed E-state index contributed by atoms with van der Waals surface area (Å²) >= 11 is 0. The molecule has 1 amide bonds. The van der Waals surface area contributed by atoms with Gasteiger partial charge in [0.25, 0.3) is 5.91 Å². The van der Waals surface area contributed by atoms with Crippen molar-refractivity contribution in [3.63, 3.8) is 0 Å². The second-order valence-corrected chi connectivity index (χ2v) is 4.52. The standard InChI is InChI=1S/C16H16N2O3/c1-12(13-6-3-2-4-7-13)18-15(19)11-21-16(20)14-8-5-9-17-10-14/h2-10,12H,11H2,1H3,(H,18,19). The minimum atomic E-state index is -0.564. The molecular weight excluding hydrogens is 268 g/mol. The molecule has 0 saturated carbocycles.